The number of nitrogens with one attached hydrogen (secondary N) is 1. The summed E-state index contributed by atoms with van der Waals surface area (Å²) in [6.07, 6.45) is 4.90. The van der Waals surface area contributed by atoms with Crippen LogP contribution < -0.4 is 5.32 Å². The number of non-ortho nitro benzene ring substituents is 1. The SMILES string of the molecule is CCCCCC(C)(C)CNc1cccc([N+](=O)[O-])c1. The van der Waals surface area contributed by atoms with Gasteiger partial charge < -0.3 is 5.32 Å². The van der Waals surface area contributed by atoms with Gasteiger partial charge in [0.15, 0.2) is 0 Å². The van der Waals surface area contributed by atoms with Crippen molar-refractivity contribution in [3.05, 3.63) is 34.4 Å². The van der Waals surface area contributed by atoms with Crippen molar-refractivity contribution in [2.45, 2.75) is 46.5 Å². The molecule has 19 heavy (non-hydrogen) atoms. The fraction of sp³-hybridized carbons (Fsp3) is 0.600. The summed E-state index contributed by atoms with van der Waals surface area (Å²) in [5, 5.41) is 14.0. The van der Waals surface area contributed by atoms with Crippen molar-refractivity contribution in [1.82, 2.24) is 0 Å². The summed E-state index contributed by atoms with van der Waals surface area (Å²) in [4.78, 5) is 10.3. The van der Waals surface area contributed by atoms with Gasteiger partial charge >= 0.3 is 0 Å². The quantitative estimate of drug-likeness (QED) is 0.423. The standard InChI is InChI=1S/C15H24N2O2/c1-4-5-6-10-15(2,3)12-16-13-8-7-9-14(11-13)17(18)19/h7-9,11,16H,4-6,10,12H2,1-3H3. The van der Waals surface area contributed by atoms with E-state index >= 15 is 0 Å². The van der Waals surface area contributed by atoms with Gasteiger partial charge in [-0.15, -0.1) is 0 Å². The molecule has 0 heterocycles. The summed E-state index contributed by atoms with van der Waals surface area (Å²) >= 11 is 0. The molecular formula is C15H24N2O2. The van der Waals surface area contributed by atoms with Gasteiger partial charge in [0.2, 0.25) is 0 Å². The van der Waals surface area contributed by atoms with E-state index in [0.29, 0.717) is 0 Å². The fourth-order valence-corrected chi connectivity index (χ4v) is 2.01. The Morgan fingerprint density at radius 2 is 2.05 bits per heavy atom. The van der Waals surface area contributed by atoms with E-state index in [1.165, 1.54) is 31.7 Å². The van der Waals surface area contributed by atoms with Crippen molar-refractivity contribution in [2.75, 3.05) is 11.9 Å². The van der Waals surface area contributed by atoms with Crippen LogP contribution in [0.1, 0.15) is 46.5 Å². The molecule has 4 nitrogen and oxygen atoms in total. The average Bonchev–Trinajstić information content (AvgIpc) is 2.37. The number of benzene rings is 1. The molecular weight excluding hydrogens is 240 g/mol. The molecule has 0 aromatic heterocycles. The summed E-state index contributed by atoms with van der Waals surface area (Å²) in [6.45, 7) is 7.49. The van der Waals surface area contributed by atoms with Crippen LogP contribution in [0.3, 0.4) is 0 Å². The predicted molar refractivity (Wildman–Crippen MR) is 79.5 cm³/mol. The first kappa shape index (κ1) is 15.5. The third kappa shape index (κ3) is 5.73. The zero-order chi connectivity index (χ0) is 14.3. The van der Waals surface area contributed by atoms with Crippen molar-refractivity contribution in [3.63, 3.8) is 0 Å². The molecule has 0 saturated carbocycles. The summed E-state index contributed by atoms with van der Waals surface area (Å²) in [6, 6.07) is 6.68. The van der Waals surface area contributed by atoms with E-state index in [0.717, 1.165) is 12.2 Å². The second-order valence-corrected chi connectivity index (χ2v) is 5.78. The molecule has 1 rings (SSSR count). The molecule has 1 aromatic rings. The van der Waals surface area contributed by atoms with Gasteiger partial charge in [-0.3, -0.25) is 10.1 Å². The van der Waals surface area contributed by atoms with Crippen LogP contribution in [0.15, 0.2) is 24.3 Å². The highest BCUT2D eigenvalue weighted by atomic mass is 16.6. The number of nitrogens with zero attached hydrogens (tertiary/aromatic N) is 1. The van der Waals surface area contributed by atoms with E-state index in [4.69, 9.17) is 0 Å². The number of hydrogen-bond acceptors (Lipinski definition) is 3. The van der Waals surface area contributed by atoms with Crippen LogP contribution in [0.25, 0.3) is 0 Å². The van der Waals surface area contributed by atoms with Crippen LogP contribution in [0.2, 0.25) is 0 Å². The van der Waals surface area contributed by atoms with Crippen LogP contribution in [0, 0.1) is 15.5 Å². The van der Waals surface area contributed by atoms with Crippen molar-refractivity contribution in [3.8, 4) is 0 Å². The second-order valence-electron chi connectivity index (χ2n) is 5.78. The monoisotopic (exact) mass is 264 g/mol. The van der Waals surface area contributed by atoms with Crippen LogP contribution >= 0.6 is 0 Å². The van der Waals surface area contributed by atoms with Gasteiger partial charge in [0.1, 0.15) is 0 Å². The molecule has 0 bridgehead atoms. The Balaban J connectivity index is 2.51. The number of nitro benzene ring substituents is 1. The molecule has 0 atom stereocenters. The number of rotatable bonds is 8. The van der Waals surface area contributed by atoms with E-state index in [1.807, 2.05) is 6.07 Å². The lowest BCUT2D eigenvalue weighted by Gasteiger charge is -2.25. The molecule has 0 aliphatic heterocycles. The molecule has 0 aliphatic carbocycles. The molecule has 0 radical (unpaired) electrons. The highest BCUT2D eigenvalue weighted by Gasteiger charge is 2.17. The zero-order valence-corrected chi connectivity index (χ0v) is 12.1. The first-order valence-corrected chi connectivity index (χ1v) is 6.93. The lowest BCUT2D eigenvalue weighted by molar-refractivity contribution is -0.384. The van der Waals surface area contributed by atoms with E-state index in [2.05, 4.69) is 26.1 Å². The zero-order valence-electron chi connectivity index (χ0n) is 12.1. The third-order valence-electron chi connectivity index (χ3n) is 3.29. The predicted octanol–water partition coefficient (Wildman–Crippen LogP) is 4.61. The maximum absolute atomic E-state index is 10.7. The van der Waals surface area contributed by atoms with E-state index in [1.54, 1.807) is 12.1 Å². The van der Waals surface area contributed by atoms with Gasteiger partial charge in [-0.2, -0.15) is 0 Å². The molecule has 4 heteroatoms. The lowest BCUT2D eigenvalue weighted by Crippen LogP contribution is -2.23. The van der Waals surface area contributed by atoms with Crippen molar-refractivity contribution >= 4 is 11.4 Å². The molecule has 0 saturated heterocycles. The summed E-state index contributed by atoms with van der Waals surface area (Å²) in [7, 11) is 0. The first-order valence-electron chi connectivity index (χ1n) is 6.93. The molecule has 0 spiro atoms. The Bertz CT molecular complexity index is 416. The van der Waals surface area contributed by atoms with Gasteiger partial charge in [-0.25, -0.2) is 0 Å². The molecule has 0 amide bonds. The molecule has 1 aromatic carbocycles. The largest absolute Gasteiger partial charge is 0.384 e. The molecule has 0 unspecified atom stereocenters. The Labute approximate surface area is 115 Å². The number of unbranched alkanes of at least 4 members (excludes halogenated alkanes) is 2. The Morgan fingerprint density at radius 1 is 1.32 bits per heavy atom. The highest BCUT2D eigenvalue weighted by Crippen LogP contribution is 2.25. The van der Waals surface area contributed by atoms with Gasteiger partial charge in [0.25, 0.3) is 5.69 Å². The van der Waals surface area contributed by atoms with Crippen molar-refractivity contribution in [2.24, 2.45) is 5.41 Å². The maximum Gasteiger partial charge on any atom is 0.271 e. The minimum absolute atomic E-state index is 0.133. The van der Waals surface area contributed by atoms with Crippen molar-refractivity contribution < 1.29 is 4.92 Å². The van der Waals surface area contributed by atoms with E-state index < -0.39 is 0 Å². The molecule has 1 N–H and O–H groups in total. The topological polar surface area (TPSA) is 55.2 Å². The third-order valence-corrected chi connectivity index (χ3v) is 3.29. The average molecular weight is 264 g/mol. The van der Waals surface area contributed by atoms with Crippen LogP contribution in [-0.2, 0) is 0 Å². The van der Waals surface area contributed by atoms with E-state index in [9.17, 15) is 10.1 Å². The van der Waals surface area contributed by atoms with E-state index in [-0.39, 0.29) is 16.0 Å². The van der Waals surface area contributed by atoms with Crippen LogP contribution in [0.4, 0.5) is 11.4 Å². The Morgan fingerprint density at radius 3 is 2.68 bits per heavy atom. The second kappa shape index (κ2) is 7.12. The Kier molecular flexibility index (Phi) is 5.80. The van der Waals surface area contributed by atoms with Gasteiger partial charge in [0, 0.05) is 24.4 Å². The number of nitro groups is 1. The maximum atomic E-state index is 10.7. The van der Waals surface area contributed by atoms with Crippen molar-refractivity contribution in [1.29, 1.82) is 0 Å². The summed E-state index contributed by atoms with van der Waals surface area (Å²) in [5.41, 5.74) is 1.16. The summed E-state index contributed by atoms with van der Waals surface area (Å²) < 4.78 is 0. The number of hydrogen-bond donors (Lipinski definition) is 1. The minimum atomic E-state index is -0.364. The summed E-state index contributed by atoms with van der Waals surface area (Å²) in [5.74, 6) is 0. The van der Waals surface area contributed by atoms with Crippen LogP contribution in [-0.4, -0.2) is 11.5 Å². The molecule has 106 valence electrons. The molecule has 0 fully saturated rings. The van der Waals surface area contributed by atoms with Gasteiger partial charge in [-0.1, -0.05) is 46.1 Å². The molecule has 0 aliphatic rings. The minimum Gasteiger partial charge on any atom is -0.384 e. The first-order chi connectivity index (χ1) is 8.94. The highest BCUT2D eigenvalue weighted by molar-refractivity contribution is 5.50. The van der Waals surface area contributed by atoms with Gasteiger partial charge in [0.05, 0.1) is 4.92 Å². The smallest absolute Gasteiger partial charge is 0.271 e. The number of anilines is 1. The fourth-order valence-electron chi connectivity index (χ4n) is 2.01. The normalized spacial score (nSPS) is 11.3. The Hall–Kier alpha value is -1.58. The van der Waals surface area contributed by atoms with Gasteiger partial charge in [-0.05, 0) is 17.9 Å². The lowest BCUT2D eigenvalue weighted by atomic mass is 9.87. The van der Waals surface area contributed by atoms with Crippen LogP contribution in [0.5, 0.6) is 0 Å².